The average Bonchev–Trinajstić information content (AvgIpc) is 2.63. The molecule has 1 amide bonds. The van der Waals surface area contributed by atoms with Crippen molar-refractivity contribution in [3.63, 3.8) is 0 Å². The van der Waals surface area contributed by atoms with Gasteiger partial charge in [0.2, 0.25) is 5.96 Å². The lowest BCUT2D eigenvalue weighted by molar-refractivity contribution is -0.115. The number of hydrogen-bond donors (Lipinski definition) is 1. The zero-order valence-electron chi connectivity index (χ0n) is 9.78. The summed E-state index contributed by atoms with van der Waals surface area (Å²) < 4.78 is 0. The lowest BCUT2D eigenvalue weighted by Crippen LogP contribution is -2.43. The van der Waals surface area contributed by atoms with Crippen LogP contribution in [0.15, 0.2) is 17.1 Å². The lowest BCUT2D eigenvalue weighted by atomic mass is 9.99. The van der Waals surface area contributed by atoms with E-state index in [1.807, 2.05) is 4.90 Å². The number of nitrogens with one attached hydrogen (secondary N) is 1. The van der Waals surface area contributed by atoms with Crippen LogP contribution in [0.2, 0.25) is 0 Å². The maximum absolute atomic E-state index is 11.3. The number of amides is 1. The Morgan fingerprint density at radius 2 is 2.12 bits per heavy atom. The molecule has 2 aliphatic rings. The van der Waals surface area contributed by atoms with Crippen molar-refractivity contribution in [1.82, 2.24) is 5.32 Å². The Labute approximate surface area is 106 Å². The molecule has 2 heterocycles. The monoisotopic (exact) mass is 251 g/mol. The standard InChI is InChI=1S/C12H13N3O.ClH/c1-7-3-4-10-9(8(7)2)5-13-12-14-11(16)6-15(10)12;/h3-4H,5-6H2,1-2H3,(H,13,14,16);1H. The molecular weight excluding hydrogens is 238 g/mol. The Balaban J connectivity index is 0.00000108. The van der Waals surface area contributed by atoms with E-state index < -0.39 is 0 Å². The number of rotatable bonds is 0. The molecule has 0 aromatic heterocycles. The molecule has 0 aliphatic carbocycles. The van der Waals surface area contributed by atoms with Crippen LogP contribution < -0.4 is 10.2 Å². The fraction of sp³-hybridized carbons (Fsp3) is 0.333. The van der Waals surface area contributed by atoms with Crippen molar-refractivity contribution in [1.29, 1.82) is 0 Å². The third kappa shape index (κ3) is 1.69. The number of benzene rings is 1. The van der Waals surface area contributed by atoms with E-state index in [9.17, 15) is 4.79 Å². The zero-order chi connectivity index (χ0) is 11.3. The molecule has 0 spiro atoms. The molecule has 0 bridgehead atoms. The van der Waals surface area contributed by atoms with Crippen LogP contribution in [0.25, 0.3) is 0 Å². The number of aryl methyl sites for hydroxylation is 1. The number of anilines is 1. The average molecular weight is 252 g/mol. The van der Waals surface area contributed by atoms with Crippen molar-refractivity contribution in [2.75, 3.05) is 11.4 Å². The predicted octanol–water partition coefficient (Wildman–Crippen LogP) is 1.53. The molecule has 0 atom stereocenters. The van der Waals surface area contributed by atoms with Gasteiger partial charge in [-0.2, -0.15) is 4.99 Å². The Bertz CT molecular complexity index is 525. The number of carbonyl (C=O) groups is 1. The smallest absolute Gasteiger partial charge is 0.268 e. The van der Waals surface area contributed by atoms with Gasteiger partial charge in [-0.25, -0.2) is 0 Å². The molecule has 17 heavy (non-hydrogen) atoms. The number of carbonyl (C=O) groups excluding carboxylic acids is 1. The lowest BCUT2D eigenvalue weighted by Gasteiger charge is -2.30. The molecule has 1 aromatic rings. The number of guanidine groups is 1. The normalized spacial score (nSPS) is 16.7. The van der Waals surface area contributed by atoms with Gasteiger partial charge in [-0.05, 0) is 36.6 Å². The largest absolute Gasteiger partial charge is 0.351 e. The predicted molar refractivity (Wildman–Crippen MR) is 69.8 cm³/mol. The molecule has 0 unspecified atom stereocenters. The highest BCUT2D eigenvalue weighted by Crippen LogP contribution is 2.30. The Hall–Kier alpha value is -1.55. The van der Waals surface area contributed by atoms with E-state index in [-0.39, 0.29) is 18.3 Å². The van der Waals surface area contributed by atoms with E-state index in [1.165, 1.54) is 16.7 Å². The molecule has 1 N–H and O–H groups in total. The van der Waals surface area contributed by atoms with Gasteiger partial charge in [-0.3, -0.25) is 4.79 Å². The highest BCUT2D eigenvalue weighted by atomic mass is 35.5. The van der Waals surface area contributed by atoms with Gasteiger partial charge < -0.3 is 10.2 Å². The van der Waals surface area contributed by atoms with E-state index in [0.29, 0.717) is 12.5 Å². The number of fused-ring (bicyclic) bond motifs is 3. The second-order valence-electron chi connectivity index (χ2n) is 4.27. The second kappa shape index (κ2) is 4.04. The van der Waals surface area contributed by atoms with Gasteiger partial charge in [0, 0.05) is 12.2 Å². The van der Waals surface area contributed by atoms with Crippen molar-refractivity contribution < 1.29 is 4.79 Å². The number of aliphatic imine (C=N–C) groups is 1. The molecule has 0 saturated carbocycles. The molecule has 5 heteroatoms. The Morgan fingerprint density at radius 3 is 2.88 bits per heavy atom. The van der Waals surface area contributed by atoms with Crippen LogP contribution in [-0.2, 0) is 11.3 Å². The number of nitrogens with zero attached hydrogens (tertiary/aromatic N) is 2. The van der Waals surface area contributed by atoms with Crippen molar-refractivity contribution in [3.8, 4) is 0 Å². The Kier molecular flexibility index (Phi) is 2.83. The first-order valence-corrected chi connectivity index (χ1v) is 5.39. The van der Waals surface area contributed by atoms with Crippen LogP contribution in [0.1, 0.15) is 16.7 Å². The summed E-state index contributed by atoms with van der Waals surface area (Å²) in [4.78, 5) is 17.2. The van der Waals surface area contributed by atoms with Gasteiger partial charge in [-0.1, -0.05) is 6.07 Å². The van der Waals surface area contributed by atoms with Gasteiger partial charge in [0.25, 0.3) is 5.91 Å². The van der Waals surface area contributed by atoms with Crippen molar-refractivity contribution in [3.05, 3.63) is 28.8 Å². The van der Waals surface area contributed by atoms with Crippen LogP contribution >= 0.6 is 12.4 Å². The highest BCUT2D eigenvalue weighted by Gasteiger charge is 2.30. The summed E-state index contributed by atoms with van der Waals surface area (Å²) in [6.45, 7) is 5.34. The molecule has 0 fully saturated rings. The van der Waals surface area contributed by atoms with Crippen LogP contribution in [0, 0.1) is 13.8 Å². The van der Waals surface area contributed by atoms with E-state index in [0.717, 1.165) is 12.2 Å². The minimum absolute atomic E-state index is 0. The van der Waals surface area contributed by atoms with Crippen LogP contribution in [0.3, 0.4) is 0 Å². The fourth-order valence-corrected chi connectivity index (χ4v) is 2.26. The summed E-state index contributed by atoms with van der Waals surface area (Å²) in [7, 11) is 0. The quantitative estimate of drug-likeness (QED) is 0.761. The number of hydrogen-bond acceptors (Lipinski definition) is 3. The van der Waals surface area contributed by atoms with E-state index in [1.54, 1.807) is 0 Å². The highest BCUT2D eigenvalue weighted by molar-refractivity contribution is 6.12. The molecule has 4 nitrogen and oxygen atoms in total. The van der Waals surface area contributed by atoms with E-state index in [4.69, 9.17) is 0 Å². The van der Waals surface area contributed by atoms with Crippen molar-refractivity contribution >= 4 is 30.0 Å². The molecule has 1 aromatic carbocycles. The second-order valence-corrected chi connectivity index (χ2v) is 4.27. The first-order valence-electron chi connectivity index (χ1n) is 5.39. The Morgan fingerprint density at radius 1 is 1.35 bits per heavy atom. The van der Waals surface area contributed by atoms with Gasteiger partial charge in [0.15, 0.2) is 0 Å². The van der Waals surface area contributed by atoms with Gasteiger partial charge >= 0.3 is 0 Å². The minimum Gasteiger partial charge on any atom is -0.351 e. The molecule has 0 radical (unpaired) electrons. The van der Waals surface area contributed by atoms with Gasteiger partial charge in [0.1, 0.15) is 6.54 Å². The summed E-state index contributed by atoms with van der Waals surface area (Å²) in [5.74, 6) is 0.620. The molecule has 3 rings (SSSR count). The maximum Gasteiger partial charge on any atom is 0.268 e. The zero-order valence-corrected chi connectivity index (χ0v) is 10.6. The summed E-state index contributed by atoms with van der Waals surface area (Å²) in [5.41, 5.74) is 4.97. The minimum atomic E-state index is -0.0754. The third-order valence-electron chi connectivity index (χ3n) is 3.34. The molecule has 90 valence electrons. The first kappa shape index (κ1) is 11.9. The summed E-state index contributed by atoms with van der Waals surface area (Å²) in [6.07, 6.45) is 0. The number of halogens is 1. The van der Waals surface area contributed by atoms with Crippen molar-refractivity contribution in [2.24, 2.45) is 4.99 Å². The molecule has 2 aliphatic heterocycles. The van der Waals surface area contributed by atoms with Gasteiger partial charge in [-0.15, -0.1) is 12.4 Å². The van der Waals surface area contributed by atoms with E-state index in [2.05, 4.69) is 36.3 Å². The fourth-order valence-electron chi connectivity index (χ4n) is 2.26. The molecule has 0 saturated heterocycles. The summed E-state index contributed by atoms with van der Waals surface area (Å²) >= 11 is 0. The summed E-state index contributed by atoms with van der Waals surface area (Å²) in [5, 5.41) is 3.19. The SMILES string of the molecule is Cc1ccc2c(c1C)CNC1=NC(=O)CN12.Cl. The topological polar surface area (TPSA) is 44.7 Å². The maximum atomic E-state index is 11.3. The third-order valence-corrected chi connectivity index (χ3v) is 3.34. The summed E-state index contributed by atoms with van der Waals surface area (Å²) in [6, 6.07) is 4.17. The first-order chi connectivity index (χ1) is 7.66. The van der Waals surface area contributed by atoms with Crippen LogP contribution in [0.5, 0.6) is 0 Å². The van der Waals surface area contributed by atoms with Crippen molar-refractivity contribution in [2.45, 2.75) is 20.4 Å². The van der Waals surface area contributed by atoms with Gasteiger partial charge in [0.05, 0.1) is 0 Å². The van der Waals surface area contributed by atoms with Crippen LogP contribution in [-0.4, -0.2) is 18.4 Å². The van der Waals surface area contributed by atoms with E-state index >= 15 is 0 Å². The molecular formula is C12H14ClN3O. The van der Waals surface area contributed by atoms with Crippen LogP contribution in [0.4, 0.5) is 5.69 Å².